The number of aromatic amines is 1. The van der Waals surface area contributed by atoms with Gasteiger partial charge in [0.2, 0.25) is 5.91 Å². The molecule has 1 aliphatic rings. The summed E-state index contributed by atoms with van der Waals surface area (Å²) in [5.41, 5.74) is 3.43. The van der Waals surface area contributed by atoms with E-state index >= 15 is 0 Å². The Bertz CT molecular complexity index is 773. The van der Waals surface area contributed by atoms with E-state index in [1.54, 1.807) is 0 Å². The van der Waals surface area contributed by atoms with Gasteiger partial charge in [-0.05, 0) is 35.4 Å². The second-order valence-corrected chi connectivity index (χ2v) is 5.96. The predicted molar refractivity (Wildman–Crippen MR) is 87.4 cm³/mol. The Labute approximate surface area is 129 Å². The molecule has 0 saturated heterocycles. The number of aromatic nitrogens is 1. The van der Waals surface area contributed by atoms with E-state index in [1.807, 2.05) is 36.4 Å². The Hall–Kier alpha value is -2.55. The van der Waals surface area contributed by atoms with Crippen molar-refractivity contribution in [3.8, 4) is 0 Å². The van der Waals surface area contributed by atoms with Crippen LogP contribution in [0.2, 0.25) is 0 Å². The molecule has 1 heterocycles. The monoisotopic (exact) mass is 290 g/mol. The van der Waals surface area contributed by atoms with Crippen molar-refractivity contribution in [1.29, 1.82) is 0 Å². The maximum Gasteiger partial charge on any atom is 0.224 e. The van der Waals surface area contributed by atoms with Gasteiger partial charge in [-0.15, -0.1) is 0 Å². The molecular weight excluding hydrogens is 272 g/mol. The molecule has 3 nitrogen and oxygen atoms in total. The highest BCUT2D eigenvalue weighted by Gasteiger charge is 2.43. The molecule has 22 heavy (non-hydrogen) atoms. The number of H-pyrrole nitrogens is 1. The van der Waals surface area contributed by atoms with Crippen molar-refractivity contribution in [2.45, 2.75) is 18.9 Å². The van der Waals surface area contributed by atoms with Gasteiger partial charge in [0.05, 0.1) is 6.54 Å². The van der Waals surface area contributed by atoms with Gasteiger partial charge in [-0.2, -0.15) is 0 Å². The van der Waals surface area contributed by atoms with Gasteiger partial charge in [-0.25, -0.2) is 0 Å². The lowest BCUT2D eigenvalue weighted by Gasteiger charge is -2.03. The molecule has 3 aromatic rings. The Morgan fingerprint density at radius 3 is 2.68 bits per heavy atom. The van der Waals surface area contributed by atoms with Gasteiger partial charge in [0.1, 0.15) is 0 Å². The summed E-state index contributed by atoms with van der Waals surface area (Å²) >= 11 is 0. The van der Waals surface area contributed by atoms with E-state index in [0.29, 0.717) is 12.5 Å². The first-order valence-electron chi connectivity index (χ1n) is 7.70. The van der Waals surface area contributed by atoms with Crippen LogP contribution in [0.15, 0.2) is 60.7 Å². The molecule has 0 aliphatic heterocycles. The van der Waals surface area contributed by atoms with E-state index < -0.39 is 0 Å². The van der Waals surface area contributed by atoms with Gasteiger partial charge in [-0.3, -0.25) is 4.79 Å². The summed E-state index contributed by atoms with van der Waals surface area (Å²) in [5.74, 6) is 0.684. The minimum absolute atomic E-state index is 0.131. The van der Waals surface area contributed by atoms with Crippen LogP contribution in [-0.4, -0.2) is 10.9 Å². The SMILES string of the molecule is O=C(NCc1cc2ccccc2[nH]1)[C@@H]1C[C@H]1c1ccccc1. The molecule has 1 aromatic heterocycles. The molecule has 2 atom stereocenters. The van der Waals surface area contributed by atoms with Crippen molar-refractivity contribution in [3.63, 3.8) is 0 Å². The highest BCUT2D eigenvalue weighted by molar-refractivity contribution is 5.83. The Morgan fingerprint density at radius 2 is 1.86 bits per heavy atom. The third-order valence-electron chi connectivity index (χ3n) is 4.39. The molecule has 4 rings (SSSR count). The molecule has 0 radical (unpaired) electrons. The zero-order valence-electron chi connectivity index (χ0n) is 12.3. The van der Waals surface area contributed by atoms with Crippen molar-refractivity contribution < 1.29 is 4.79 Å². The molecule has 0 spiro atoms. The van der Waals surface area contributed by atoms with Crippen LogP contribution < -0.4 is 5.32 Å². The van der Waals surface area contributed by atoms with E-state index in [4.69, 9.17) is 0 Å². The van der Waals surface area contributed by atoms with E-state index in [0.717, 1.165) is 17.6 Å². The lowest BCUT2D eigenvalue weighted by Crippen LogP contribution is -2.25. The molecule has 110 valence electrons. The molecule has 2 aromatic carbocycles. The van der Waals surface area contributed by atoms with Gasteiger partial charge >= 0.3 is 0 Å². The molecule has 1 saturated carbocycles. The number of hydrogen-bond donors (Lipinski definition) is 2. The van der Waals surface area contributed by atoms with Crippen molar-refractivity contribution in [1.82, 2.24) is 10.3 Å². The number of fused-ring (bicyclic) bond motifs is 1. The van der Waals surface area contributed by atoms with Crippen LogP contribution in [0.4, 0.5) is 0 Å². The second kappa shape index (κ2) is 5.34. The topological polar surface area (TPSA) is 44.9 Å². The summed E-state index contributed by atoms with van der Waals surface area (Å²) in [6, 6.07) is 20.5. The van der Waals surface area contributed by atoms with E-state index in [9.17, 15) is 4.79 Å². The zero-order chi connectivity index (χ0) is 14.9. The highest BCUT2D eigenvalue weighted by atomic mass is 16.2. The number of hydrogen-bond acceptors (Lipinski definition) is 1. The Kier molecular flexibility index (Phi) is 3.19. The van der Waals surface area contributed by atoms with E-state index in [-0.39, 0.29) is 11.8 Å². The number of para-hydroxylation sites is 1. The molecule has 0 unspecified atom stereocenters. The van der Waals surface area contributed by atoms with Gasteiger partial charge in [-0.1, -0.05) is 48.5 Å². The minimum Gasteiger partial charge on any atom is -0.357 e. The predicted octanol–water partition coefficient (Wildman–Crippen LogP) is 3.59. The number of benzene rings is 2. The zero-order valence-corrected chi connectivity index (χ0v) is 12.3. The number of amides is 1. The summed E-state index contributed by atoms with van der Waals surface area (Å²) in [6.07, 6.45) is 0.961. The maximum absolute atomic E-state index is 12.3. The Balaban J connectivity index is 1.37. The van der Waals surface area contributed by atoms with Crippen LogP contribution >= 0.6 is 0 Å². The van der Waals surface area contributed by atoms with Crippen LogP contribution in [0.1, 0.15) is 23.6 Å². The van der Waals surface area contributed by atoms with Crippen LogP contribution in [0.5, 0.6) is 0 Å². The minimum atomic E-state index is 0.131. The largest absolute Gasteiger partial charge is 0.357 e. The number of rotatable bonds is 4. The van der Waals surface area contributed by atoms with E-state index in [2.05, 4.69) is 34.6 Å². The standard InChI is InChI=1S/C19H18N2O/c22-19(17-11-16(17)13-6-2-1-3-7-13)20-12-15-10-14-8-4-5-9-18(14)21-15/h1-10,16-17,21H,11-12H2,(H,20,22)/t16-,17+/m0/s1. The lowest BCUT2D eigenvalue weighted by molar-refractivity contribution is -0.122. The first-order valence-corrected chi connectivity index (χ1v) is 7.70. The number of carbonyl (C=O) groups excluding carboxylic acids is 1. The third-order valence-corrected chi connectivity index (χ3v) is 4.39. The van der Waals surface area contributed by atoms with Gasteiger partial charge in [0.25, 0.3) is 0 Å². The number of nitrogens with one attached hydrogen (secondary N) is 2. The van der Waals surface area contributed by atoms with E-state index in [1.165, 1.54) is 10.9 Å². The summed E-state index contributed by atoms with van der Waals surface area (Å²) < 4.78 is 0. The molecule has 3 heteroatoms. The lowest BCUT2D eigenvalue weighted by atomic mass is 10.1. The number of carbonyl (C=O) groups is 1. The first-order chi connectivity index (χ1) is 10.8. The highest BCUT2D eigenvalue weighted by Crippen LogP contribution is 2.47. The second-order valence-electron chi connectivity index (χ2n) is 5.96. The molecule has 1 fully saturated rings. The molecule has 2 N–H and O–H groups in total. The van der Waals surface area contributed by atoms with Crippen LogP contribution in [0, 0.1) is 5.92 Å². The van der Waals surface area contributed by atoms with Crippen molar-refractivity contribution in [2.24, 2.45) is 5.92 Å². The molecular formula is C19H18N2O. The van der Waals surface area contributed by atoms with Crippen molar-refractivity contribution >= 4 is 16.8 Å². The van der Waals surface area contributed by atoms with Crippen LogP contribution in [-0.2, 0) is 11.3 Å². The van der Waals surface area contributed by atoms with Crippen molar-refractivity contribution in [2.75, 3.05) is 0 Å². The average molecular weight is 290 g/mol. The summed E-state index contributed by atoms with van der Waals surface area (Å²) in [5, 5.41) is 4.23. The smallest absolute Gasteiger partial charge is 0.224 e. The fourth-order valence-corrected chi connectivity index (χ4v) is 3.10. The normalized spacial score (nSPS) is 20.0. The Morgan fingerprint density at radius 1 is 1.09 bits per heavy atom. The fourth-order valence-electron chi connectivity index (χ4n) is 3.10. The fraction of sp³-hybridized carbons (Fsp3) is 0.211. The van der Waals surface area contributed by atoms with Gasteiger partial charge in [0, 0.05) is 17.1 Å². The first kappa shape index (κ1) is 13.1. The average Bonchev–Trinajstić information content (AvgIpc) is 3.26. The quantitative estimate of drug-likeness (QED) is 0.758. The van der Waals surface area contributed by atoms with Gasteiger partial charge < -0.3 is 10.3 Å². The molecule has 1 aliphatic carbocycles. The molecule has 0 bridgehead atoms. The summed E-state index contributed by atoms with van der Waals surface area (Å²) in [7, 11) is 0. The molecule has 1 amide bonds. The van der Waals surface area contributed by atoms with Gasteiger partial charge in [0.15, 0.2) is 0 Å². The van der Waals surface area contributed by atoms with Crippen LogP contribution in [0.25, 0.3) is 10.9 Å². The summed E-state index contributed by atoms with van der Waals surface area (Å²) in [6.45, 7) is 0.561. The van der Waals surface area contributed by atoms with Crippen molar-refractivity contribution in [3.05, 3.63) is 71.9 Å². The summed E-state index contributed by atoms with van der Waals surface area (Å²) in [4.78, 5) is 15.6. The van der Waals surface area contributed by atoms with Crippen LogP contribution in [0.3, 0.4) is 0 Å². The maximum atomic E-state index is 12.3. The third kappa shape index (κ3) is 2.50.